The van der Waals surface area contributed by atoms with Gasteiger partial charge >= 0.3 is 5.97 Å². The molecule has 0 unspecified atom stereocenters. The van der Waals surface area contributed by atoms with E-state index in [0.29, 0.717) is 6.42 Å². The lowest BCUT2D eigenvalue weighted by Gasteiger charge is -2.39. The number of hydrogen-bond donors (Lipinski definition) is 1. The highest BCUT2D eigenvalue weighted by molar-refractivity contribution is 6.74. The average Bonchev–Trinajstić information content (AvgIpc) is 2.34. The molecule has 0 aliphatic carbocycles. The van der Waals surface area contributed by atoms with Gasteiger partial charge in [-0.1, -0.05) is 51.1 Å². The maximum absolute atomic E-state index is 10.9. The molecule has 0 spiro atoms. The molecule has 20 heavy (non-hydrogen) atoms. The largest absolute Gasteiger partial charge is 0.481 e. The van der Waals surface area contributed by atoms with Crippen molar-refractivity contribution >= 4 is 14.3 Å². The van der Waals surface area contributed by atoms with Crippen molar-refractivity contribution in [2.75, 3.05) is 0 Å². The van der Waals surface area contributed by atoms with Crippen molar-refractivity contribution in [3.63, 3.8) is 0 Å². The van der Waals surface area contributed by atoms with Crippen molar-refractivity contribution in [3.8, 4) is 0 Å². The number of carboxylic acid groups (broad SMARTS) is 1. The summed E-state index contributed by atoms with van der Waals surface area (Å²) in [5, 5.41) is 9.04. The van der Waals surface area contributed by atoms with Crippen LogP contribution in [0.3, 0.4) is 0 Å². The Hall–Kier alpha value is -1.13. The summed E-state index contributed by atoms with van der Waals surface area (Å²) >= 11 is 0. The third-order valence-electron chi connectivity index (χ3n) is 4.03. The van der Waals surface area contributed by atoms with Gasteiger partial charge in [0.1, 0.15) is 0 Å². The molecule has 0 radical (unpaired) electrons. The van der Waals surface area contributed by atoms with Crippen LogP contribution in [-0.4, -0.2) is 19.4 Å². The molecule has 0 saturated carbocycles. The molecule has 112 valence electrons. The van der Waals surface area contributed by atoms with E-state index < -0.39 is 14.3 Å². The summed E-state index contributed by atoms with van der Waals surface area (Å²) in [5.74, 6) is -0.773. The molecular weight excluding hydrogens is 268 g/mol. The van der Waals surface area contributed by atoms with Gasteiger partial charge in [-0.15, -0.1) is 0 Å². The zero-order valence-electron chi connectivity index (χ0n) is 13.1. The summed E-state index contributed by atoms with van der Waals surface area (Å²) in [5.41, 5.74) is 1.07. The summed E-state index contributed by atoms with van der Waals surface area (Å²) in [6, 6.07) is 9.93. The van der Waals surface area contributed by atoms with E-state index in [2.05, 4.69) is 33.9 Å². The summed E-state index contributed by atoms with van der Waals surface area (Å²) in [4.78, 5) is 10.9. The van der Waals surface area contributed by atoms with Crippen LogP contribution in [0.4, 0.5) is 0 Å². The smallest absolute Gasteiger partial charge is 0.303 e. The van der Waals surface area contributed by atoms with Crippen molar-refractivity contribution in [1.82, 2.24) is 0 Å². The van der Waals surface area contributed by atoms with E-state index in [1.54, 1.807) is 0 Å². The first-order valence-electron chi connectivity index (χ1n) is 7.08. The van der Waals surface area contributed by atoms with Crippen LogP contribution in [0.15, 0.2) is 30.3 Å². The molecule has 3 nitrogen and oxygen atoms in total. The van der Waals surface area contributed by atoms with Gasteiger partial charge in [-0.05, 0) is 30.1 Å². The van der Waals surface area contributed by atoms with Gasteiger partial charge in [-0.2, -0.15) is 0 Å². The van der Waals surface area contributed by atoms with E-state index in [-0.39, 0.29) is 17.6 Å². The van der Waals surface area contributed by atoms with Crippen LogP contribution >= 0.6 is 0 Å². The normalized spacial score (nSPS) is 14.1. The Morgan fingerprint density at radius 2 is 1.80 bits per heavy atom. The molecule has 0 saturated heterocycles. The molecule has 1 aromatic rings. The second kappa shape index (κ2) is 6.55. The van der Waals surface area contributed by atoms with E-state index in [1.165, 1.54) is 0 Å². The molecule has 0 aliphatic rings. The highest BCUT2D eigenvalue weighted by Crippen LogP contribution is 2.40. The van der Waals surface area contributed by atoms with Crippen molar-refractivity contribution in [2.45, 2.75) is 57.8 Å². The minimum Gasteiger partial charge on any atom is -0.481 e. The average molecular weight is 294 g/mol. The molecule has 1 rings (SSSR count). The van der Waals surface area contributed by atoms with E-state index in [1.807, 2.05) is 30.3 Å². The summed E-state index contributed by atoms with van der Waals surface area (Å²) in [6.45, 7) is 11.0. The van der Waals surface area contributed by atoms with E-state index in [9.17, 15) is 4.79 Å². The maximum Gasteiger partial charge on any atom is 0.303 e. The Morgan fingerprint density at radius 1 is 1.25 bits per heavy atom. The van der Waals surface area contributed by atoms with E-state index in [4.69, 9.17) is 9.53 Å². The molecule has 0 aromatic heterocycles. The minimum atomic E-state index is -1.92. The van der Waals surface area contributed by atoms with Gasteiger partial charge in [-0.25, -0.2) is 0 Å². The van der Waals surface area contributed by atoms with Crippen LogP contribution < -0.4 is 0 Å². The van der Waals surface area contributed by atoms with Gasteiger partial charge in [0.05, 0.1) is 6.10 Å². The predicted molar refractivity (Wildman–Crippen MR) is 84.3 cm³/mol. The standard InChI is InChI=1S/C16H26O3Si/c1-16(2,3)20(4,5)19-14(11-12-15(17)18)13-9-7-6-8-10-13/h6-10,14H,11-12H2,1-5H3,(H,17,18)/t14-/m0/s1. The second-order valence-electron chi connectivity index (χ2n) is 6.71. The quantitative estimate of drug-likeness (QED) is 0.779. The van der Waals surface area contributed by atoms with Crippen molar-refractivity contribution in [3.05, 3.63) is 35.9 Å². The number of carboxylic acids is 1. The van der Waals surface area contributed by atoms with Crippen LogP contribution in [0.2, 0.25) is 18.1 Å². The molecule has 4 heteroatoms. The second-order valence-corrected chi connectivity index (χ2v) is 11.5. The third-order valence-corrected chi connectivity index (χ3v) is 8.52. The summed E-state index contributed by atoms with van der Waals surface area (Å²) in [7, 11) is -1.92. The lowest BCUT2D eigenvalue weighted by atomic mass is 10.1. The predicted octanol–water partition coefficient (Wildman–Crippen LogP) is 4.61. The lowest BCUT2D eigenvalue weighted by Crippen LogP contribution is -2.41. The molecule has 0 heterocycles. The van der Waals surface area contributed by atoms with E-state index >= 15 is 0 Å². The molecule has 0 aliphatic heterocycles. The van der Waals surface area contributed by atoms with Gasteiger partial charge in [-0.3, -0.25) is 4.79 Å². The van der Waals surface area contributed by atoms with Crippen LogP contribution in [0, 0.1) is 0 Å². The SMILES string of the molecule is CC(C)(C)[Si](C)(C)O[C@@H](CCC(=O)O)c1ccccc1. The topological polar surface area (TPSA) is 46.5 Å². The summed E-state index contributed by atoms with van der Waals surface area (Å²) in [6.07, 6.45) is 0.522. The Morgan fingerprint density at radius 3 is 2.25 bits per heavy atom. The monoisotopic (exact) mass is 294 g/mol. The molecule has 0 bridgehead atoms. The first-order valence-corrected chi connectivity index (χ1v) is 9.99. The number of aliphatic carboxylic acids is 1. The maximum atomic E-state index is 10.9. The van der Waals surface area contributed by atoms with Gasteiger partial charge in [0.25, 0.3) is 0 Å². The molecule has 1 atom stereocenters. The highest BCUT2D eigenvalue weighted by Gasteiger charge is 2.39. The Bertz CT molecular complexity index is 435. The molecular formula is C16H26O3Si. The fraction of sp³-hybridized carbons (Fsp3) is 0.562. The van der Waals surface area contributed by atoms with Crippen LogP contribution in [-0.2, 0) is 9.22 Å². The molecule has 0 amide bonds. The number of benzene rings is 1. The van der Waals surface area contributed by atoms with Gasteiger partial charge in [0.2, 0.25) is 0 Å². The number of hydrogen-bond acceptors (Lipinski definition) is 2. The fourth-order valence-electron chi connectivity index (χ4n) is 1.75. The van der Waals surface area contributed by atoms with Gasteiger partial charge in [0.15, 0.2) is 8.32 Å². The highest BCUT2D eigenvalue weighted by atomic mass is 28.4. The molecule has 0 fully saturated rings. The zero-order valence-corrected chi connectivity index (χ0v) is 14.1. The zero-order chi connectivity index (χ0) is 15.4. The summed E-state index contributed by atoms with van der Waals surface area (Å²) < 4.78 is 6.41. The lowest BCUT2D eigenvalue weighted by molar-refractivity contribution is -0.137. The number of rotatable bonds is 6. The van der Waals surface area contributed by atoms with Gasteiger partial charge in [0, 0.05) is 6.42 Å². The Kier molecular flexibility index (Phi) is 5.54. The van der Waals surface area contributed by atoms with Crippen molar-refractivity contribution in [2.24, 2.45) is 0 Å². The van der Waals surface area contributed by atoms with Crippen molar-refractivity contribution in [1.29, 1.82) is 0 Å². The first kappa shape index (κ1) is 16.9. The van der Waals surface area contributed by atoms with E-state index in [0.717, 1.165) is 5.56 Å². The van der Waals surface area contributed by atoms with Crippen molar-refractivity contribution < 1.29 is 14.3 Å². The minimum absolute atomic E-state index is 0.114. The first-order chi connectivity index (χ1) is 9.13. The van der Waals surface area contributed by atoms with Crippen LogP contribution in [0.1, 0.15) is 45.3 Å². The van der Waals surface area contributed by atoms with Gasteiger partial charge < -0.3 is 9.53 Å². The Labute approximate surface area is 123 Å². The van der Waals surface area contributed by atoms with Crippen LogP contribution in [0.25, 0.3) is 0 Å². The third kappa shape index (κ3) is 4.76. The van der Waals surface area contributed by atoms with Crippen LogP contribution in [0.5, 0.6) is 0 Å². The Balaban J connectivity index is 2.92. The number of carbonyl (C=O) groups is 1. The fourth-order valence-corrected chi connectivity index (χ4v) is 3.07. The molecule has 1 aromatic carbocycles. The molecule has 1 N–H and O–H groups in total.